The molecule has 13 heteroatoms. The van der Waals surface area contributed by atoms with E-state index in [1.807, 2.05) is 0 Å². The number of hydrogen-bond donors (Lipinski definition) is 4. The van der Waals surface area contributed by atoms with Crippen molar-refractivity contribution < 1.29 is 31.9 Å². The molecule has 0 radical (unpaired) electrons. The van der Waals surface area contributed by atoms with E-state index in [4.69, 9.17) is 5.73 Å². The normalized spacial score (nSPS) is 18.3. The lowest BCUT2D eigenvalue weighted by Crippen LogP contribution is -2.48. The van der Waals surface area contributed by atoms with Crippen LogP contribution >= 0.6 is 11.9 Å². The minimum absolute atomic E-state index is 0.118. The number of benzene rings is 2. The highest BCUT2D eigenvalue weighted by Gasteiger charge is 2.41. The van der Waals surface area contributed by atoms with Crippen LogP contribution in [0.25, 0.3) is 0 Å². The highest BCUT2D eigenvalue weighted by molar-refractivity contribution is 7.97. The Balaban J connectivity index is 1.66. The fourth-order valence-corrected chi connectivity index (χ4v) is 5.23. The lowest BCUT2D eigenvalue weighted by atomic mass is 9.83. The first-order valence-corrected chi connectivity index (χ1v) is 14.3. The molecule has 0 saturated heterocycles. The number of aliphatic imine (C=N–C) groups is 1. The number of amides is 3. The largest absolute Gasteiger partial charge is 0.389 e. The van der Waals surface area contributed by atoms with Crippen LogP contribution in [-0.4, -0.2) is 48.1 Å². The van der Waals surface area contributed by atoms with Gasteiger partial charge in [0.2, 0.25) is 18.0 Å². The second kappa shape index (κ2) is 13.5. The molecule has 220 valence electrons. The lowest BCUT2D eigenvalue weighted by molar-refractivity contribution is -0.147. The van der Waals surface area contributed by atoms with Gasteiger partial charge in [0.15, 0.2) is 0 Å². The van der Waals surface area contributed by atoms with E-state index in [0.29, 0.717) is 11.3 Å². The molecule has 2 aliphatic rings. The first kappa shape index (κ1) is 30.5. The van der Waals surface area contributed by atoms with Crippen molar-refractivity contribution in [3.8, 4) is 0 Å². The summed E-state index contributed by atoms with van der Waals surface area (Å²) in [5.41, 5.74) is 6.36. The minimum Gasteiger partial charge on any atom is -0.330 e. The first-order chi connectivity index (χ1) is 19.6. The fraction of sp³-hybridized carbons (Fsp3) is 0.429. The van der Waals surface area contributed by atoms with Crippen molar-refractivity contribution in [2.45, 2.75) is 44.4 Å². The van der Waals surface area contributed by atoms with Gasteiger partial charge in [-0.2, -0.15) is 13.2 Å². The maximum atomic E-state index is 14.8. The molecule has 4 rings (SSSR count). The molecule has 1 fully saturated rings. The van der Waals surface area contributed by atoms with Gasteiger partial charge in [-0.3, -0.25) is 19.1 Å². The summed E-state index contributed by atoms with van der Waals surface area (Å²) >= 11 is 1.02. The predicted octanol–water partition coefficient (Wildman–Crippen LogP) is 4.16. The van der Waals surface area contributed by atoms with E-state index in [-0.39, 0.29) is 35.8 Å². The van der Waals surface area contributed by atoms with Crippen LogP contribution in [0.4, 0.5) is 23.2 Å². The zero-order chi connectivity index (χ0) is 29.6. The number of rotatable bonds is 12. The molecule has 41 heavy (non-hydrogen) atoms. The second-order valence-corrected chi connectivity index (χ2v) is 11.0. The number of carbonyl (C=O) groups is 3. The van der Waals surface area contributed by atoms with E-state index in [1.165, 1.54) is 6.07 Å². The molecule has 3 atom stereocenters. The third-order valence-electron chi connectivity index (χ3n) is 6.92. The molecule has 0 spiro atoms. The van der Waals surface area contributed by atoms with Crippen LogP contribution in [0.15, 0.2) is 53.5 Å². The average Bonchev–Trinajstić information content (AvgIpc) is 3.76. The topological polar surface area (TPSA) is 126 Å². The van der Waals surface area contributed by atoms with Crippen LogP contribution in [0.3, 0.4) is 0 Å². The van der Waals surface area contributed by atoms with Crippen LogP contribution in [0.2, 0.25) is 0 Å². The highest BCUT2D eigenvalue weighted by Crippen LogP contribution is 2.40. The van der Waals surface area contributed by atoms with Crippen molar-refractivity contribution in [2.24, 2.45) is 28.5 Å². The number of para-hydroxylation sites is 1. The van der Waals surface area contributed by atoms with E-state index in [2.05, 4.69) is 20.3 Å². The Bertz CT molecular complexity index is 1290. The van der Waals surface area contributed by atoms with Gasteiger partial charge < -0.3 is 16.4 Å². The third kappa shape index (κ3) is 8.29. The maximum Gasteiger partial charge on any atom is 0.389 e. The summed E-state index contributed by atoms with van der Waals surface area (Å²) < 4.78 is 57.3. The zero-order valence-electron chi connectivity index (χ0n) is 22.0. The summed E-state index contributed by atoms with van der Waals surface area (Å²) in [6.07, 6.45) is -6.24. The van der Waals surface area contributed by atoms with Crippen molar-refractivity contribution in [1.29, 1.82) is 0 Å². The van der Waals surface area contributed by atoms with Crippen molar-refractivity contribution in [3.05, 3.63) is 65.5 Å². The maximum absolute atomic E-state index is 14.8. The lowest BCUT2D eigenvalue weighted by Gasteiger charge is -2.27. The number of benzodiazepines with no additional fused rings is 1. The number of nitrogens with two attached hydrogens (primary N) is 1. The molecule has 0 aromatic heterocycles. The summed E-state index contributed by atoms with van der Waals surface area (Å²) in [5.74, 6) is -5.01. The quantitative estimate of drug-likeness (QED) is 0.167. The van der Waals surface area contributed by atoms with Crippen molar-refractivity contribution in [1.82, 2.24) is 10.0 Å². The van der Waals surface area contributed by atoms with Gasteiger partial charge in [-0.15, -0.1) is 0 Å². The third-order valence-corrected chi connectivity index (χ3v) is 7.71. The molecule has 0 bridgehead atoms. The van der Waals surface area contributed by atoms with Crippen molar-refractivity contribution >= 4 is 41.1 Å². The molecule has 1 aliphatic heterocycles. The van der Waals surface area contributed by atoms with E-state index in [9.17, 15) is 31.9 Å². The molecule has 1 saturated carbocycles. The monoisotopic (exact) mass is 593 g/mol. The summed E-state index contributed by atoms with van der Waals surface area (Å²) in [6, 6.07) is 12.8. The van der Waals surface area contributed by atoms with E-state index >= 15 is 0 Å². The number of anilines is 1. The van der Waals surface area contributed by atoms with Crippen LogP contribution in [-0.2, 0) is 14.4 Å². The van der Waals surface area contributed by atoms with Crippen molar-refractivity contribution in [2.75, 3.05) is 17.6 Å². The van der Waals surface area contributed by atoms with Crippen LogP contribution in [0.5, 0.6) is 0 Å². The van der Waals surface area contributed by atoms with Gasteiger partial charge in [0.25, 0.3) is 5.91 Å². The molecule has 1 aliphatic carbocycles. The number of hydrogen-bond acceptors (Lipinski definition) is 6. The predicted molar refractivity (Wildman–Crippen MR) is 148 cm³/mol. The number of nitrogens with zero attached hydrogens (tertiary/aromatic N) is 1. The molecule has 8 nitrogen and oxygen atoms in total. The number of alkyl halides is 3. The number of fused-ring (bicyclic) bond motifs is 1. The Labute approximate surface area is 239 Å². The molecule has 0 unspecified atom stereocenters. The molecular weight excluding hydrogens is 562 g/mol. The van der Waals surface area contributed by atoms with Gasteiger partial charge in [-0.25, -0.2) is 9.38 Å². The standard InChI is InChI=1S/C28H31F4N5O3S/c29-21-8-4-7-19-22(17-5-2-1-3-6-17)34-24(27(40)35-23(19)21)36-25(38)18(11-12-28(30,31)32)20(15-16-9-10-16)26(39)37-41-14-13-33/h1-8,16,18,20,24H,9-15,33H2,(H,35,40)(H,36,38)(H,37,39)/t18-,20+,24-/m1/s1. The summed E-state index contributed by atoms with van der Waals surface area (Å²) in [4.78, 5) is 44.4. The first-order valence-electron chi connectivity index (χ1n) is 13.3. The van der Waals surface area contributed by atoms with E-state index in [1.54, 1.807) is 36.4 Å². The van der Waals surface area contributed by atoms with Gasteiger partial charge in [-0.05, 0) is 36.8 Å². The molecular formula is C28H31F4N5O3S. The van der Waals surface area contributed by atoms with Crippen LogP contribution < -0.4 is 21.1 Å². The summed E-state index contributed by atoms with van der Waals surface area (Å²) in [6.45, 7) is 0.276. The molecule has 3 amide bonds. The molecule has 2 aromatic rings. The summed E-state index contributed by atoms with van der Waals surface area (Å²) in [5, 5.41) is 4.91. The smallest absolute Gasteiger partial charge is 0.330 e. The van der Waals surface area contributed by atoms with Crippen LogP contribution in [0, 0.1) is 23.6 Å². The van der Waals surface area contributed by atoms with Crippen LogP contribution in [0.1, 0.15) is 43.2 Å². The minimum atomic E-state index is -4.56. The molecule has 2 aromatic carbocycles. The number of halogens is 4. The Morgan fingerprint density at radius 2 is 1.80 bits per heavy atom. The molecule has 5 N–H and O–H groups in total. The van der Waals surface area contributed by atoms with Gasteiger partial charge in [0.1, 0.15) is 5.82 Å². The summed E-state index contributed by atoms with van der Waals surface area (Å²) in [7, 11) is 0. The Morgan fingerprint density at radius 1 is 1.07 bits per heavy atom. The van der Waals surface area contributed by atoms with Gasteiger partial charge in [0, 0.05) is 35.8 Å². The molecule has 1 heterocycles. The second-order valence-electron chi connectivity index (χ2n) is 10.1. The number of nitrogens with one attached hydrogen (secondary N) is 3. The zero-order valence-corrected chi connectivity index (χ0v) is 22.9. The fourth-order valence-electron chi connectivity index (χ4n) is 4.72. The average molecular weight is 594 g/mol. The van der Waals surface area contributed by atoms with E-state index < -0.39 is 60.6 Å². The SMILES string of the molecule is NCCSNC(=O)[C@@H](CC1CC1)[C@@H](CCC(F)(F)F)C(=O)N[C@H]1N=C(c2ccccc2)c2cccc(F)c2NC1=O. The van der Waals surface area contributed by atoms with Gasteiger partial charge in [-0.1, -0.05) is 55.3 Å². The number of carbonyl (C=O) groups excluding carboxylic acids is 3. The Morgan fingerprint density at radius 3 is 2.46 bits per heavy atom. The Hall–Kier alpha value is -3.45. The Kier molecular flexibility index (Phi) is 10.0. The van der Waals surface area contributed by atoms with E-state index in [0.717, 1.165) is 30.9 Å². The highest BCUT2D eigenvalue weighted by atomic mass is 32.2. The van der Waals surface area contributed by atoms with Gasteiger partial charge >= 0.3 is 6.18 Å². The van der Waals surface area contributed by atoms with Gasteiger partial charge in [0.05, 0.1) is 17.3 Å². The van der Waals surface area contributed by atoms with Crippen molar-refractivity contribution in [3.63, 3.8) is 0 Å².